The van der Waals surface area contributed by atoms with Crippen molar-refractivity contribution >= 4 is 11.9 Å². The summed E-state index contributed by atoms with van der Waals surface area (Å²) >= 11 is 0. The molecule has 1 aromatic rings. The molecule has 4 nitrogen and oxygen atoms in total. The van der Waals surface area contributed by atoms with Crippen LogP contribution in [0.4, 0.5) is 0 Å². The molecule has 1 rings (SSSR count). The Labute approximate surface area is 202 Å². The van der Waals surface area contributed by atoms with E-state index in [1.807, 2.05) is 13.0 Å². The van der Waals surface area contributed by atoms with Gasteiger partial charge in [0.05, 0.1) is 5.97 Å². The van der Waals surface area contributed by atoms with Crippen LogP contribution >= 0.6 is 0 Å². The summed E-state index contributed by atoms with van der Waals surface area (Å²) in [6, 6.07) is 6.63. The average molecular weight is 482 g/mol. The van der Waals surface area contributed by atoms with Crippen molar-refractivity contribution in [1.82, 2.24) is 0 Å². The summed E-state index contributed by atoms with van der Waals surface area (Å²) in [4.78, 5) is 20.5. The molecule has 0 radical (unpaired) electrons. The molecular formula is C26H40O4Zn. The van der Waals surface area contributed by atoms with Crippen LogP contribution in [0.2, 0.25) is 0 Å². The van der Waals surface area contributed by atoms with Crippen molar-refractivity contribution in [3.63, 3.8) is 0 Å². The molecule has 1 aromatic carbocycles. The van der Waals surface area contributed by atoms with E-state index < -0.39 is 11.9 Å². The third-order valence-corrected chi connectivity index (χ3v) is 4.90. The standard InChI is InChI=1S/C18H34O2.C8H8O2.Zn/c1-2-3-4-5-6-7-8-9-10-11-12-13-14-15-16-17-18(19)20;1-6-3-2-4-7(5-6)8(9)10;/h9-10H,2-8,11-17H2,1H3,(H,19,20);2-5H,1H3,(H,9,10);/q;;+2/p-2/b10-9-;;. The van der Waals surface area contributed by atoms with Gasteiger partial charge in [-0.05, 0) is 51.0 Å². The van der Waals surface area contributed by atoms with Crippen LogP contribution in [0.15, 0.2) is 36.4 Å². The Hall–Kier alpha value is -1.48. The van der Waals surface area contributed by atoms with Gasteiger partial charge in [0.1, 0.15) is 0 Å². The zero-order valence-corrected chi connectivity index (χ0v) is 22.7. The number of carbonyl (C=O) groups excluding carboxylic acids is 2. The number of hydrogen-bond acceptors (Lipinski definition) is 4. The maximum absolute atomic E-state index is 10.2. The Kier molecular flexibility index (Phi) is 23.7. The quantitative estimate of drug-likeness (QED) is 0.186. The minimum Gasteiger partial charge on any atom is -0.550 e. The molecule has 0 aliphatic carbocycles. The van der Waals surface area contributed by atoms with Crippen molar-refractivity contribution in [3.8, 4) is 0 Å². The predicted molar refractivity (Wildman–Crippen MR) is 120 cm³/mol. The second-order valence-corrected chi connectivity index (χ2v) is 7.86. The first-order chi connectivity index (χ1) is 14.5. The van der Waals surface area contributed by atoms with E-state index in [-0.39, 0.29) is 31.5 Å². The maximum Gasteiger partial charge on any atom is 2.00 e. The van der Waals surface area contributed by atoms with E-state index in [0.717, 1.165) is 24.8 Å². The number of carbonyl (C=O) groups is 2. The molecule has 0 saturated heterocycles. The van der Waals surface area contributed by atoms with Gasteiger partial charge in [0.15, 0.2) is 0 Å². The normalized spacial score (nSPS) is 10.3. The molecule has 0 amide bonds. The third kappa shape index (κ3) is 23.0. The molecule has 0 heterocycles. The first-order valence-electron chi connectivity index (χ1n) is 11.6. The van der Waals surface area contributed by atoms with Crippen LogP contribution in [0, 0.1) is 6.92 Å². The van der Waals surface area contributed by atoms with Crippen molar-refractivity contribution in [2.75, 3.05) is 0 Å². The Morgan fingerprint density at radius 3 is 1.77 bits per heavy atom. The van der Waals surface area contributed by atoms with E-state index in [0.29, 0.717) is 0 Å². The number of carboxylic acids is 2. The van der Waals surface area contributed by atoms with Crippen LogP contribution in [0.5, 0.6) is 0 Å². The first-order valence-corrected chi connectivity index (χ1v) is 11.6. The second kappa shape index (κ2) is 23.2. The summed E-state index contributed by atoms with van der Waals surface area (Å²) in [5.74, 6) is -2.04. The van der Waals surface area contributed by atoms with Crippen LogP contribution in [-0.4, -0.2) is 11.9 Å². The number of allylic oxidation sites excluding steroid dienone is 2. The van der Waals surface area contributed by atoms with Crippen molar-refractivity contribution < 1.29 is 39.3 Å². The minimum atomic E-state index is -1.12. The molecule has 0 aliphatic heterocycles. The number of aryl methyl sites for hydroxylation is 1. The van der Waals surface area contributed by atoms with Gasteiger partial charge in [-0.1, -0.05) is 100 Å². The molecular weight excluding hydrogens is 442 g/mol. The van der Waals surface area contributed by atoms with Gasteiger partial charge in [-0.15, -0.1) is 0 Å². The second-order valence-electron chi connectivity index (χ2n) is 7.86. The molecule has 5 heteroatoms. The van der Waals surface area contributed by atoms with Crippen molar-refractivity contribution in [2.24, 2.45) is 0 Å². The van der Waals surface area contributed by atoms with Gasteiger partial charge in [0.25, 0.3) is 0 Å². The predicted octanol–water partition coefficient (Wildman–Crippen LogP) is 5.13. The zero-order chi connectivity index (χ0) is 22.5. The fourth-order valence-electron chi connectivity index (χ4n) is 3.11. The summed E-state index contributed by atoms with van der Waals surface area (Å²) in [6.45, 7) is 4.10. The maximum atomic E-state index is 10.2. The topological polar surface area (TPSA) is 80.3 Å². The number of benzene rings is 1. The van der Waals surface area contributed by atoms with Gasteiger partial charge in [-0.3, -0.25) is 0 Å². The van der Waals surface area contributed by atoms with E-state index in [9.17, 15) is 19.8 Å². The number of unbranched alkanes of at least 4 members (excludes halogenated alkanes) is 11. The molecule has 0 fully saturated rings. The third-order valence-electron chi connectivity index (χ3n) is 4.90. The molecule has 0 aromatic heterocycles. The molecule has 170 valence electrons. The van der Waals surface area contributed by atoms with Crippen LogP contribution in [0.1, 0.15) is 113 Å². The number of rotatable bonds is 16. The van der Waals surface area contributed by atoms with Crippen LogP contribution in [0.3, 0.4) is 0 Å². The Bertz CT molecular complexity index is 599. The molecule has 0 aliphatic rings. The summed E-state index contributed by atoms with van der Waals surface area (Å²) in [5.41, 5.74) is 1.17. The summed E-state index contributed by atoms with van der Waals surface area (Å²) in [5, 5.41) is 20.5. The van der Waals surface area contributed by atoms with Gasteiger partial charge < -0.3 is 19.8 Å². The number of aromatic carboxylic acids is 1. The van der Waals surface area contributed by atoms with E-state index in [2.05, 4.69) is 19.1 Å². The Morgan fingerprint density at radius 1 is 0.806 bits per heavy atom. The number of hydrogen-bond donors (Lipinski definition) is 0. The molecule has 0 spiro atoms. The Balaban J connectivity index is 0. The number of aliphatic carboxylic acids is 1. The van der Waals surface area contributed by atoms with E-state index in [1.54, 1.807) is 12.1 Å². The van der Waals surface area contributed by atoms with Crippen LogP contribution in [-0.2, 0) is 24.3 Å². The van der Waals surface area contributed by atoms with E-state index >= 15 is 0 Å². The van der Waals surface area contributed by atoms with E-state index in [4.69, 9.17) is 0 Å². The van der Waals surface area contributed by atoms with Gasteiger partial charge in [-0.2, -0.15) is 0 Å². The minimum absolute atomic E-state index is 0. The molecule has 31 heavy (non-hydrogen) atoms. The van der Waals surface area contributed by atoms with Crippen molar-refractivity contribution in [1.29, 1.82) is 0 Å². The SMILES string of the molecule is CCCCCCCC/C=C\CCCCCCCC(=O)[O-].Cc1cccc(C(=O)[O-])c1.[Zn+2]. The summed E-state index contributed by atoms with van der Waals surface area (Å²) in [6.07, 6.45) is 20.9. The monoisotopic (exact) mass is 480 g/mol. The fraction of sp³-hybridized carbons (Fsp3) is 0.615. The molecule has 0 bridgehead atoms. The van der Waals surface area contributed by atoms with Gasteiger partial charge in [0.2, 0.25) is 0 Å². The number of carboxylic acid groups (broad SMARTS) is 2. The van der Waals surface area contributed by atoms with Gasteiger partial charge in [-0.25, -0.2) is 0 Å². The van der Waals surface area contributed by atoms with Gasteiger partial charge >= 0.3 is 19.5 Å². The van der Waals surface area contributed by atoms with Crippen molar-refractivity contribution in [3.05, 3.63) is 47.5 Å². The average Bonchev–Trinajstić information content (AvgIpc) is 2.71. The fourth-order valence-corrected chi connectivity index (χ4v) is 3.11. The van der Waals surface area contributed by atoms with Crippen molar-refractivity contribution in [2.45, 2.75) is 104 Å². The van der Waals surface area contributed by atoms with Crippen LogP contribution in [0.25, 0.3) is 0 Å². The molecule has 0 atom stereocenters. The van der Waals surface area contributed by atoms with Gasteiger partial charge in [0, 0.05) is 5.97 Å². The molecule has 0 saturated carbocycles. The molecule has 0 unspecified atom stereocenters. The zero-order valence-electron chi connectivity index (χ0n) is 19.7. The summed E-state index contributed by atoms with van der Waals surface area (Å²) in [7, 11) is 0. The smallest absolute Gasteiger partial charge is 0.550 e. The van der Waals surface area contributed by atoms with E-state index in [1.165, 1.54) is 70.3 Å². The summed E-state index contributed by atoms with van der Waals surface area (Å²) < 4.78 is 0. The first kappa shape index (κ1) is 31.7. The Morgan fingerprint density at radius 2 is 1.32 bits per heavy atom. The van der Waals surface area contributed by atoms with Crippen LogP contribution < -0.4 is 10.2 Å². The largest absolute Gasteiger partial charge is 2.00 e. The molecule has 0 N–H and O–H groups in total.